The van der Waals surface area contributed by atoms with Gasteiger partial charge in [-0.2, -0.15) is 5.26 Å². The number of nitriles is 1. The Morgan fingerprint density at radius 2 is 2.05 bits per heavy atom. The van der Waals surface area contributed by atoms with Crippen molar-refractivity contribution in [1.29, 1.82) is 5.26 Å². The molecule has 2 N–H and O–H groups in total. The highest BCUT2D eigenvalue weighted by atomic mass is 15.2. The fraction of sp³-hybridized carbons (Fsp3) is 0.0714. The number of benzene rings is 1. The number of imidazole rings is 1. The molecule has 0 radical (unpaired) electrons. The molecule has 0 amide bonds. The molecule has 1 aromatic carbocycles. The van der Waals surface area contributed by atoms with Crippen molar-refractivity contribution in [3.63, 3.8) is 0 Å². The molecule has 0 aliphatic carbocycles. The van der Waals surface area contributed by atoms with Gasteiger partial charge in [0.2, 0.25) is 0 Å². The first-order valence-corrected chi connectivity index (χ1v) is 6.02. The molecule has 98 valence electrons. The zero-order chi connectivity index (χ0) is 14.1. The molecule has 20 heavy (non-hydrogen) atoms. The first-order chi connectivity index (χ1) is 9.69. The summed E-state index contributed by atoms with van der Waals surface area (Å²) in [4.78, 5) is 10.5. The summed E-state index contributed by atoms with van der Waals surface area (Å²) in [7, 11) is 1.89. The fourth-order valence-corrected chi connectivity index (χ4v) is 2.04. The van der Waals surface area contributed by atoms with Crippen LogP contribution in [0.4, 0.5) is 17.3 Å². The number of rotatable bonds is 2. The second kappa shape index (κ2) is 4.55. The summed E-state index contributed by atoms with van der Waals surface area (Å²) >= 11 is 0. The lowest BCUT2D eigenvalue weighted by molar-refractivity contribution is 1.07. The van der Waals surface area contributed by atoms with E-state index in [0.717, 1.165) is 11.3 Å². The van der Waals surface area contributed by atoms with Crippen LogP contribution in [0.25, 0.3) is 5.65 Å². The standard InChI is InChI=1S/C14H12N6/c1-19(11-4-2-10(8-15)3-5-11)14-13-17-6-7-20(13)9-12(16)18-14/h2-7,9H,16H2,1H3. The lowest BCUT2D eigenvalue weighted by Gasteiger charge is -2.19. The average Bonchev–Trinajstić information content (AvgIpc) is 2.94. The van der Waals surface area contributed by atoms with E-state index in [9.17, 15) is 0 Å². The van der Waals surface area contributed by atoms with Crippen molar-refractivity contribution in [2.24, 2.45) is 0 Å². The van der Waals surface area contributed by atoms with Crippen LogP contribution >= 0.6 is 0 Å². The van der Waals surface area contributed by atoms with Gasteiger partial charge in [-0.25, -0.2) is 9.97 Å². The molecule has 0 fully saturated rings. The van der Waals surface area contributed by atoms with Gasteiger partial charge in [0.1, 0.15) is 5.82 Å². The average molecular weight is 264 g/mol. The monoisotopic (exact) mass is 264 g/mol. The fourth-order valence-electron chi connectivity index (χ4n) is 2.04. The van der Waals surface area contributed by atoms with Crippen LogP contribution in [0, 0.1) is 11.3 Å². The van der Waals surface area contributed by atoms with Crippen LogP contribution in [-0.4, -0.2) is 21.4 Å². The van der Waals surface area contributed by atoms with Crippen LogP contribution in [0.3, 0.4) is 0 Å². The molecule has 2 heterocycles. The number of nitrogens with zero attached hydrogens (tertiary/aromatic N) is 5. The molecular formula is C14H12N6. The van der Waals surface area contributed by atoms with Gasteiger partial charge in [-0.3, -0.25) is 0 Å². The third-order valence-electron chi connectivity index (χ3n) is 3.08. The minimum atomic E-state index is 0.422. The maximum Gasteiger partial charge on any atom is 0.180 e. The summed E-state index contributed by atoms with van der Waals surface area (Å²) in [5, 5.41) is 8.83. The number of fused-ring (bicyclic) bond motifs is 1. The molecule has 0 saturated carbocycles. The molecule has 0 aliphatic heterocycles. The lowest BCUT2D eigenvalue weighted by Crippen LogP contribution is -2.14. The topological polar surface area (TPSA) is 83.2 Å². The van der Waals surface area contributed by atoms with Crippen molar-refractivity contribution in [1.82, 2.24) is 14.4 Å². The van der Waals surface area contributed by atoms with Gasteiger partial charge in [-0.15, -0.1) is 0 Å². The maximum absolute atomic E-state index is 8.83. The van der Waals surface area contributed by atoms with E-state index < -0.39 is 0 Å². The predicted molar refractivity (Wildman–Crippen MR) is 76.6 cm³/mol. The first kappa shape index (κ1) is 12.0. The smallest absolute Gasteiger partial charge is 0.180 e. The summed E-state index contributed by atoms with van der Waals surface area (Å²) in [5.41, 5.74) is 8.07. The van der Waals surface area contributed by atoms with Crippen molar-refractivity contribution in [3.8, 4) is 6.07 Å². The van der Waals surface area contributed by atoms with Crippen LogP contribution in [0.1, 0.15) is 5.56 Å². The molecule has 0 aliphatic rings. The molecule has 6 heteroatoms. The third-order valence-corrected chi connectivity index (χ3v) is 3.08. The molecule has 0 bridgehead atoms. The highest BCUT2D eigenvalue weighted by molar-refractivity contribution is 5.73. The molecule has 6 nitrogen and oxygen atoms in total. The van der Waals surface area contributed by atoms with Gasteiger partial charge in [0.25, 0.3) is 0 Å². The van der Waals surface area contributed by atoms with Gasteiger partial charge in [0.05, 0.1) is 17.8 Å². The SMILES string of the molecule is CN(c1ccc(C#N)cc1)c1nc(N)cn2ccnc12. The zero-order valence-electron chi connectivity index (χ0n) is 10.9. The summed E-state index contributed by atoms with van der Waals surface area (Å²) in [6, 6.07) is 9.35. The Bertz CT molecular complexity index is 797. The number of hydrogen-bond acceptors (Lipinski definition) is 5. The van der Waals surface area contributed by atoms with Gasteiger partial charge >= 0.3 is 0 Å². The van der Waals surface area contributed by atoms with Crippen molar-refractivity contribution >= 4 is 23.0 Å². The van der Waals surface area contributed by atoms with E-state index in [1.54, 1.807) is 24.5 Å². The van der Waals surface area contributed by atoms with E-state index in [1.807, 2.05) is 34.7 Å². The van der Waals surface area contributed by atoms with Crippen LogP contribution < -0.4 is 10.6 Å². The molecular weight excluding hydrogens is 252 g/mol. The number of nitrogens with two attached hydrogens (primary N) is 1. The maximum atomic E-state index is 8.83. The van der Waals surface area contributed by atoms with E-state index in [2.05, 4.69) is 16.0 Å². The van der Waals surface area contributed by atoms with Crippen molar-refractivity contribution in [3.05, 3.63) is 48.4 Å². The quantitative estimate of drug-likeness (QED) is 0.764. The highest BCUT2D eigenvalue weighted by Gasteiger charge is 2.12. The molecule has 0 atom stereocenters. The molecule has 0 saturated heterocycles. The third kappa shape index (κ3) is 1.91. The Morgan fingerprint density at radius 1 is 1.30 bits per heavy atom. The van der Waals surface area contributed by atoms with Gasteiger partial charge in [0.15, 0.2) is 11.5 Å². The molecule has 3 aromatic rings. The molecule has 2 aromatic heterocycles. The Balaban J connectivity index is 2.09. The van der Waals surface area contributed by atoms with Gasteiger partial charge < -0.3 is 15.0 Å². The second-order valence-corrected chi connectivity index (χ2v) is 4.37. The number of nitrogen functional groups attached to an aromatic ring is 1. The minimum absolute atomic E-state index is 0.422. The molecule has 0 unspecified atom stereocenters. The van der Waals surface area contributed by atoms with Gasteiger partial charge in [0, 0.05) is 25.1 Å². The number of anilines is 3. The Morgan fingerprint density at radius 3 is 2.75 bits per heavy atom. The van der Waals surface area contributed by atoms with Crippen LogP contribution in [-0.2, 0) is 0 Å². The van der Waals surface area contributed by atoms with Crippen LogP contribution in [0.5, 0.6) is 0 Å². The van der Waals surface area contributed by atoms with Crippen molar-refractivity contribution in [2.75, 3.05) is 17.7 Å². The van der Waals surface area contributed by atoms with E-state index >= 15 is 0 Å². The molecule has 0 spiro atoms. The van der Waals surface area contributed by atoms with E-state index in [-0.39, 0.29) is 0 Å². The first-order valence-electron chi connectivity index (χ1n) is 6.02. The molecule has 3 rings (SSSR count). The summed E-state index contributed by atoms with van der Waals surface area (Å²) in [6.07, 6.45) is 5.24. The van der Waals surface area contributed by atoms with Crippen LogP contribution in [0.2, 0.25) is 0 Å². The summed E-state index contributed by atoms with van der Waals surface area (Å²) in [5.74, 6) is 1.09. The Labute approximate surface area is 115 Å². The Kier molecular flexibility index (Phi) is 2.73. The normalized spacial score (nSPS) is 10.4. The zero-order valence-corrected chi connectivity index (χ0v) is 10.9. The number of aromatic nitrogens is 3. The van der Waals surface area contributed by atoms with Gasteiger partial charge in [-0.1, -0.05) is 0 Å². The van der Waals surface area contributed by atoms with E-state index in [1.165, 1.54) is 0 Å². The van der Waals surface area contributed by atoms with Crippen LogP contribution in [0.15, 0.2) is 42.9 Å². The number of hydrogen-bond donors (Lipinski definition) is 1. The van der Waals surface area contributed by atoms with Crippen molar-refractivity contribution in [2.45, 2.75) is 0 Å². The second-order valence-electron chi connectivity index (χ2n) is 4.37. The van der Waals surface area contributed by atoms with E-state index in [0.29, 0.717) is 17.2 Å². The summed E-state index contributed by atoms with van der Waals surface area (Å²) in [6.45, 7) is 0. The Hall–Kier alpha value is -3.07. The summed E-state index contributed by atoms with van der Waals surface area (Å²) < 4.78 is 1.83. The van der Waals surface area contributed by atoms with Gasteiger partial charge in [-0.05, 0) is 24.3 Å². The van der Waals surface area contributed by atoms with Crippen molar-refractivity contribution < 1.29 is 0 Å². The minimum Gasteiger partial charge on any atom is -0.382 e. The lowest BCUT2D eigenvalue weighted by atomic mass is 10.2. The largest absolute Gasteiger partial charge is 0.382 e. The van der Waals surface area contributed by atoms with E-state index in [4.69, 9.17) is 11.0 Å². The predicted octanol–water partition coefficient (Wildman–Crippen LogP) is 1.95. The highest BCUT2D eigenvalue weighted by Crippen LogP contribution is 2.26.